The normalized spacial score (nSPS) is 10.4. The Kier molecular flexibility index (Phi) is 6.50. The first-order chi connectivity index (χ1) is 14.0. The minimum Gasteiger partial charge on any atom is -0.496 e. The molecule has 9 heteroatoms. The molecule has 1 heterocycles. The summed E-state index contributed by atoms with van der Waals surface area (Å²) in [5.74, 6) is 0.498. The lowest BCUT2D eigenvalue weighted by molar-refractivity contribution is 0.0846. The molecule has 29 heavy (non-hydrogen) atoms. The Labute approximate surface area is 172 Å². The highest BCUT2D eigenvalue weighted by Crippen LogP contribution is 2.20. The van der Waals surface area contributed by atoms with Crippen molar-refractivity contribution in [3.05, 3.63) is 71.0 Å². The van der Waals surface area contributed by atoms with Crippen LogP contribution in [-0.4, -0.2) is 33.7 Å². The monoisotopic (exact) mass is 411 g/mol. The SMILES string of the molecule is COc1cc(C(=O)NNC(=O)c2ccc(CSc3nncn3C)cc2)ccc1C. The van der Waals surface area contributed by atoms with Gasteiger partial charge in [-0.3, -0.25) is 20.4 Å². The summed E-state index contributed by atoms with van der Waals surface area (Å²) in [5, 5.41) is 8.68. The van der Waals surface area contributed by atoms with Gasteiger partial charge in [-0.15, -0.1) is 10.2 Å². The number of hydrogen-bond acceptors (Lipinski definition) is 6. The lowest BCUT2D eigenvalue weighted by Gasteiger charge is -2.10. The van der Waals surface area contributed by atoms with Gasteiger partial charge in [0.25, 0.3) is 11.8 Å². The maximum Gasteiger partial charge on any atom is 0.269 e. The van der Waals surface area contributed by atoms with E-state index in [0.717, 1.165) is 16.3 Å². The summed E-state index contributed by atoms with van der Waals surface area (Å²) in [6, 6.07) is 12.2. The number of methoxy groups -OCH3 is 1. The van der Waals surface area contributed by atoms with Gasteiger partial charge >= 0.3 is 0 Å². The average Bonchev–Trinajstić information content (AvgIpc) is 3.15. The molecule has 0 saturated carbocycles. The zero-order chi connectivity index (χ0) is 20.8. The zero-order valence-electron chi connectivity index (χ0n) is 16.3. The molecule has 0 bridgehead atoms. The number of nitrogens with one attached hydrogen (secondary N) is 2. The van der Waals surface area contributed by atoms with Crippen molar-refractivity contribution in [2.75, 3.05) is 7.11 Å². The van der Waals surface area contributed by atoms with Crippen molar-refractivity contribution in [2.45, 2.75) is 17.8 Å². The van der Waals surface area contributed by atoms with Crippen LogP contribution in [0.5, 0.6) is 5.75 Å². The molecule has 8 nitrogen and oxygen atoms in total. The highest BCUT2D eigenvalue weighted by molar-refractivity contribution is 7.98. The first-order valence-electron chi connectivity index (χ1n) is 8.79. The van der Waals surface area contributed by atoms with Gasteiger partial charge < -0.3 is 9.30 Å². The second kappa shape index (κ2) is 9.24. The standard InChI is InChI=1S/C20H21N5O3S/c1-13-4-7-16(10-17(13)28-3)19(27)23-22-18(26)15-8-5-14(6-9-15)11-29-20-24-21-12-25(20)2/h4-10,12H,11H2,1-3H3,(H,22,26)(H,23,27). The molecule has 0 aliphatic heterocycles. The van der Waals surface area contributed by atoms with Crippen LogP contribution in [-0.2, 0) is 12.8 Å². The molecule has 0 atom stereocenters. The van der Waals surface area contributed by atoms with E-state index in [-0.39, 0.29) is 0 Å². The summed E-state index contributed by atoms with van der Waals surface area (Å²) in [6.45, 7) is 1.89. The molecule has 3 rings (SSSR count). The van der Waals surface area contributed by atoms with Gasteiger partial charge in [-0.1, -0.05) is 30.0 Å². The highest BCUT2D eigenvalue weighted by Gasteiger charge is 2.11. The number of aryl methyl sites for hydroxylation is 2. The van der Waals surface area contributed by atoms with Gasteiger partial charge in [0.1, 0.15) is 12.1 Å². The van der Waals surface area contributed by atoms with Gasteiger partial charge in [-0.25, -0.2) is 0 Å². The molecule has 0 spiro atoms. The van der Waals surface area contributed by atoms with Crippen molar-refractivity contribution in [2.24, 2.45) is 7.05 Å². The van der Waals surface area contributed by atoms with E-state index in [4.69, 9.17) is 4.74 Å². The summed E-state index contributed by atoms with van der Waals surface area (Å²) in [5.41, 5.74) is 7.65. The summed E-state index contributed by atoms with van der Waals surface area (Å²) < 4.78 is 7.06. The van der Waals surface area contributed by atoms with Gasteiger partial charge in [-0.05, 0) is 42.3 Å². The van der Waals surface area contributed by atoms with Crippen LogP contribution < -0.4 is 15.6 Å². The molecule has 0 aliphatic rings. The Hall–Kier alpha value is -3.33. The number of benzene rings is 2. The number of hydrazine groups is 1. The number of hydrogen-bond donors (Lipinski definition) is 2. The molecule has 0 aliphatic carbocycles. The first kappa shape index (κ1) is 20.4. The fourth-order valence-electron chi connectivity index (χ4n) is 2.52. The Morgan fingerprint density at radius 3 is 2.34 bits per heavy atom. The van der Waals surface area contributed by atoms with Gasteiger partial charge in [0, 0.05) is 23.9 Å². The Balaban J connectivity index is 1.54. The van der Waals surface area contributed by atoms with Crippen molar-refractivity contribution < 1.29 is 14.3 Å². The number of carbonyl (C=O) groups is 2. The van der Waals surface area contributed by atoms with E-state index >= 15 is 0 Å². The third kappa shape index (κ3) is 5.14. The molecular formula is C20H21N5O3S. The minimum absolute atomic E-state index is 0.392. The molecule has 2 amide bonds. The van der Waals surface area contributed by atoms with Crippen molar-refractivity contribution >= 4 is 23.6 Å². The predicted molar refractivity (Wildman–Crippen MR) is 110 cm³/mol. The molecule has 3 aromatic rings. The Morgan fingerprint density at radius 1 is 1.07 bits per heavy atom. The van der Waals surface area contributed by atoms with E-state index in [2.05, 4.69) is 21.0 Å². The number of rotatable bonds is 6. The van der Waals surface area contributed by atoms with Gasteiger partial charge in [0.15, 0.2) is 5.16 Å². The summed E-state index contributed by atoms with van der Waals surface area (Å²) in [6.07, 6.45) is 1.65. The van der Waals surface area contributed by atoms with Crippen LogP contribution in [0.1, 0.15) is 31.8 Å². The van der Waals surface area contributed by atoms with Gasteiger partial charge in [0.05, 0.1) is 7.11 Å². The third-order valence-electron chi connectivity index (χ3n) is 4.21. The summed E-state index contributed by atoms with van der Waals surface area (Å²) >= 11 is 1.56. The molecule has 0 saturated heterocycles. The van der Waals surface area contributed by atoms with E-state index < -0.39 is 11.8 Å². The lowest BCUT2D eigenvalue weighted by Crippen LogP contribution is -2.41. The number of carbonyl (C=O) groups excluding carboxylic acids is 2. The zero-order valence-corrected chi connectivity index (χ0v) is 17.1. The summed E-state index contributed by atoms with van der Waals surface area (Å²) in [7, 11) is 3.43. The number of ether oxygens (including phenoxy) is 1. The topological polar surface area (TPSA) is 98.1 Å². The highest BCUT2D eigenvalue weighted by atomic mass is 32.2. The quantitative estimate of drug-likeness (QED) is 0.478. The Morgan fingerprint density at radius 2 is 1.72 bits per heavy atom. The molecule has 2 N–H and O–H groups in total. The van der Waals surface area contributed by atoms with Crippen LogP contribution >= 0.6 is 11.8 Å². The van der Waals surface area contributed by atoms with Crippen LogP contribution in [0.25, 0.3) is 0 Å². The van der Waals surface area contributed by atoms with Gasteiger partial charge in [-0.2, -0.15) is 0 Å². The Bertz CT molecular complexity index is 1020. The summed E-state index contributed by atoms with van der Waals surface area (Å²) in [4.78, 5) is 24.5. The largest absolute Gasteiger partial charge is 0.496 e. The van der Waals surface area contributed by atoms with E-state index in [0.29, 0.717) is 22.6 Å². The van der Waals surface area contributed by atoms with E-state index in [1.165, 1.54) is 0 Å². The number of thioether (sulfide) groups is 1. The average molecular weight is 411 g/mol. The fraction of sp³-hybridized carbons (Fsp3) is 0.200. The molecule has 150 valence electrons. The molecule has 0 unspecified atom stereocenters. The lowest BCUT2D eigenvalue weighted by atomic mass is 10.1. The molecule has 2 aromatic carbocycles. The number of nitrogens with zero attached hydrogens (tertiary/aromatic N) is 3. The van der Waals surface area contributed by atoms with Crippen molar-refractivity contribution in [3.8, 4) is 5.75 Å². The number of amides is 2. The van der Waals surface area contributed by atoms with Crippen LogP contribution in [0.3, 0.4) is 0 Å². The van der Waals surface area contributed by atoms with Crippen molar-refractivity contribution in [1.82, 2.24) is 25.6 Å². The van der Waals surface area contributed by atoms with E-state index in [9.17, 15) is 9.59 Å². The van der Waals surface area contributed by atoms with Crippen LogP contribution in [0.15, 0.2) is 53.9 Å². The predicted octanol–water partition coefficient (Wildman–Crippen LogP) is 2.50. The van der Waals surface area contributed by atoms with Crippen LogP contribution in [0, 0.1) is 6.92 Å². The maximum absolute atomic E-state index is 12.3. The molecule has 0 radical (unpaired) electrons. The second-order valence-corrected chi connectivity index (χ2v) is 7.25. The van der Waals surface area contributed by atoms with E-state index in [1.807, 2.05) is 30.7 Å². The van der Waals surface area contributed by atoms with Gasteiger partial charge in [0.2, 0.25) is 0 Å². The van der Waals surface area contributed by atoms with Crippen LogP contribution in [0.2, 0.25) is 0 Å². The maximum atomic E-state index is 12.3. The van der Waals surface area contributed by atoms with Crippen molar-refractivity contribution in [1.29, 1.82) is 0 Å². The second-order valence-electron chi connectivity index (χ2n) is 6.30. The smallest absolute Gasteiger partial charge is 0.269 e. The molecular weight excluding hydrogens is 390 g/mol. The minimum atomic E-state index is -0.423. The van der Waals surface area contributed by atoms with Crippen LogP contribution in [0.4, 0.5) is 0 Å². The molecule has 0 fully saturated rings. The number of aromatic nitrogens is 3. The molecule has 1 aromatic heterocycles. The fourth-order valence-corrected chi connectivity index (χ4v) is 3.37. The van der Waals surface area contributed by atoms with Crippen molar-refractivity contribution in [3.63, 3.8) is 0 Å². The van der Waals surface area contributed by atoms with E-state index in [1.54, 1.807) is 55.5 Å². The first-order valence-corrected chi connectivity index (χ1v) is 9.77. The third-order valence-corrected chi connectivity index (χ3v) is 5.32.